The Morgan fingerprint density at radius 2 is 1.84 bits per heavy atom. The maximum atomic E-state index is 6.02. The molecule has 2 heteroatoms. The van der Waals surface area contributed by atoms with Gasteiger partial charge in [0.05, 0.1) is 11.4 Å². The third kappa shape index (κ3) is 2.43. The third-order valence-electron chi connectivity index (χ3n) is 3.93. The molecule has 98 valence electrons. The molecular formula is C17H20N2. The van der Waals surface area contributed by atoms with Crippen LogP contribution in [0.15, 0.2) is 42.5 Å². The first-order valence-corrected chi connectivity index (χ1v) is 6.90. The van der Waals surface area contributed by atoms with Gasteiger partial charge in [-0.25, -0.2) is 0 Å². The summed E-state index contributed by atoms with van der Waals surface area (Å²) in [7, 11) is 2.10. The second-order valence-electron chi connectivity index (χ2n) is 5.37. The molecule has 0 atom stereocenters. The van der Waals surface area contributed by atoms with Gasteiger partial charge >= 0.3 is 0 Å². The van der Waals surface area contributed by atoms with Gasteiger partial charge in [0.25, 0.3) is 0 Å². The number of para-hydroxylation sites is 2. The summed E-state index contributed by atoms with van der Waals surface area (Å²) in [6, 6.07) is 14.9. The van der Waals surface area contributed by atoms with E-state index < -0.39 is 0 Å². The van der Waals surface area contributed by atoms with Crippen LogP contribution in [0.4, 0.5) is 11.4 Å². The average molecular weight is 252 g/mol. The monoisotopic (exact) mass is 252 g/mol. The zero-order valence-electron chi connectivity index (χ0n) is 11.4. The number of nitrogen functional groups attached to an aromatic ring is 1. The van der Waals surface area contributed by atoms with E-state index in [1.807, 2.05) is 18.2 Å². The topological polar surface area (TPSA) is 29.3 Å². The van der Waals surface area contributed by atoms with Crippen molar-refractivity contribution in [3.63, 3.8) is 0 Å². The lowest BCUT2D eigenvalue weighted by Crippen LogP contribution is -2.17. The summed E-state index contributed by atoms with van der Waals surface area (Å²) in [4.78, 5) is 2.21. The Morgan fingerprint density at radius 1 is 1.05 bits per heavy atom. The van der Waals surface area contributed by atoms with Crippen molar-refractivity contribution in [1.29, 1.82) is 0 Å². The number of hydrogen-bond donors (Lipinski definition) is 1. The Labute approximate surface area is 114 Å². The minimum Gasteiger partial charge on any atom is -0.397 e. The van der Waals surface area contributed by atoms with E-state index in [0.29, 0.717) is 0 Å². The molecule has 1 aliphatic carbocycles. The maximum Gasteiger partial charge on any atom is 0.0600 e. The number of nitrogens with zero attached hydrogens (tertiary/aromatic N) is 1. The summed E-state index contributed by atoms with van der Waals surface area (Å²) in [5.41, 5.74) is 12.4. The van der Waals surface area contributed by atoms with Gasteiger partial charge in [0, 0.05) is 13.6 Å². The molecule has 0 aliphatic heterocycles. The fraction of sp³-hybridized carbons (Fsp3) is 0.294. The highest BCUT2D eigenvalue weighted by Crippen LogP contribution is 2.26. The normalized spacial score (nSPS) is 13.3. The van der Waals surface area contributed by atoms with Crippen LogP contribution in [-0.2, 0) is 19.4 Å². The fourth-order valence-electron chi connectivity index (χ4n) is 2.92. The number of hydrogen-bond acceptors (Lipinski definition) is 2. The lowest BCUT2D eigenvalue weighted by molar-refractivity contribution is 0.907. The zero-order valence-corrected chi connectivity index (χ0v) is 11.4. The third-order valence-corrected chi connectivity index (χ3v) is 3.93. The number of fused-ring (bicyclic) bond motifs is 1. The van der Waals surface area contributed by atoms with Crippen molar-refractivity contribution < 1.29 is 0 Å². The van der Waals surface area contributed by atoms with Crippen LogP contribution in [0.3, 0.4) is 0 Å². The summed E-state index contributed by atoms with van der Waals surface area (Å²) >= 11 is 0. The lowest BCUT2D eigenvalue weighted by atomic mass is 10.1. The SMILES string of the molecule is CN(Cc1ccc2c(c1)CCC2)c1ccccc1N. The van der Waals surface area contributed by atoms with E-state index in [1.165, 1.54) is 36.0 Å². The zero-order chi connectivity index (χ0) is 13.2. The van der Waals surface area contributed by atoms with Crippen molar-refractivity contribution in [1.82, 2.24) is 0 Å². The van der Waals surface area contributed by atoms with Gasteiger partial charge in [0.15, 0.2) is 0 Å². The predicted molar refractivity (Wildman–Crippen MR) is 81.4 cm³/mol. The highest BCUT2D eigenvalue weighted by molar-refractivity contribution is 5.67. The van der Waals surface area contributed by atoms with Gasteiger partial charge in [-0.15, -0.1) is 0 Å². The lowest BCUT2D eigenvalue weighted by Gasteiger charge is -2.21. The van der Waals surface area contributed by atoms with Crippen LogP contribution in [0.1, 0.15) is 23.1 Å². The minimum absolute atomic E-state index is 0.839. The molecule has 2 N–H and O–H groups in total. The molecule has 0 aromatic heterocycles. The van der Waals surface area contributed by atoms with E-state index >= 15 is 0 Å². The van der Waals surface area contributed by atoms with Crippen molar-refractivity contribution >= 4 is 11.4 Å². The van der Waals surface area contributed by atoms with E-state index in [1.54, 1.807) is 0 Å². The van der Waals surface area contributed by atoms with E-state index in [-0.39, 0.29) is 0 Å². The predicted octanol–water partition coefficient (Wildman–Crippen LogP) is 3.39. The van der Waals surface area contributed by atoms with Crippen molar-refractivity contribution in [2.45, 2.75) is 25.8 Å². The van der Waals surface area contributed by atoms with Gasteiger partial charge in [-0.1, -0.05) is 30.3 Å². The van der Waals surface area contributed by atoms with E-state index in [9.17, 15) is 0 Å². The Morgan fingerprint density at radius 3 is 2.68 bits per heavy atom. The van der Waals surface area contributed by atoms with Gasteiger partial charge in [-0.05, 0) is 48.1 Å². The molecule has 0 radical (unpaired) electrons. The van der Waals surface area contributed by atoms with Crippen LogP contribution in [0, 0.1) is 0 Å². The number of rotatable bonds is 3. The summed E-state index contributed by atoms with van der Waals surface area (Å²) in [6.45, 7) is 0.904. The smallest absolute Gasteiger partial charge is 0.0600 e. The molecule has 0 saturated carbocycles. The molecule has 2 aromatic carbocycles. The molecule has 0 amide bonds. The van der Waals surface area contributed by atoms with Gasteiger partial charge in [-0.2, -0.15) is 0 Å². The Balaban J connectivity index is 1.80. The number of aryl methyl sites for hydroxylation is 2. The van der Waals surface area contributed by atoms with Crippen LogP contribution in [0.5, 0.6) is 0 Å². The van der Waals surface area contributed by atoms with Crippen LogP contribution in [-0.4, -0.2) is 7.05 Å². The molecule has 3 rings (SSSR count). The number of nitrogens with two attached hydrogens (primary N) is 1. The van der Waals surface area contributed by atoms with Crippen molar-refractivity contribution in [2.75, 3.05) is 17.7 Å². The summed E-state index contributed by atoms with van der Waals surface area (Å²) < 4.78 is 0. The first-order valence-electron chi connectivity index (χ1n) is 6.90. The van der Waals surface area contributed by atoms with Crippen LogP contribution < -0.4 is 10.6 Å². The van der Waals surface area contributed by atoms with Crippen LogP contribution in [0.2, 0.25) is 0 Å². The van der Waals surface area contributed by atoms with E-state index in [4.69, 9.17) is 5.73 Å². The second kappa shape index (κ2) is 4.96. The van der Waals surface area contributed by atoms with Crippen LogP contribution >= 0.6 is 0 Å². The quantitative estimate of drug-likeness (QED) is 0.848. The molecule has 0 heterocycles. The minimum atomic E-state index is 0.839. The molecule has 1 aliphatic rings. The van der Waals surface area contributed by atoms with Gasteiger partial charge in [0.2, 0.25) is 0 Å². The standard InChI is InChI=1S/C17H20N2/c1-19(17-8-3-2-7-16(17)18)12-13-9-10-14-5-4-6-15(14)11-13/h2-3,7-11H,4-6,12,18H2,1H3. The van der Waals surface area contributed by atoms with Gasteiger partial charge < -0.3 is 10.6 Å². The first kappa shape index (κ1) is 12.1. The average Bonchev–Trinajstić information content (AvgIpc) is 2.86. The largest absolute Gasteiger partial charge is 0.397 e. The van der Waals surface area contributed by atoms with Crippen molar-refractivity contribution in [3.8, 4) is 0 Å². The summed E-state index contributed by atoms with van der Waals surface area (Å²) in [5.74, 6) is 0. The molecule has 0 saturated heterocycles. The van der Waals surface area contributed by atoms with Crippen LogP contribution in [0.25, 0.3) is 0 Å². The van der Waals surface area contributed by atoms with Crippen molar-refractivity contribution in [2.24, 2.45) is 0 Å². The molecule has 0 spiro atoms. The second-order valence-corrected chi connectivity index (χ2v) is 5.37. The first-order chi connectivity index (χ1) is 9.24. The molecule has 0 bridgehead atoms. The Bertz CT molecular complexity index is 590. The fourth-order valence-corrected chi connectivity index (χ4v) is 2.92. The molecule has 0 fully saturated rings. The summed E-state index contributed by atoms with van der Waals surface area (Å²) in [5, 5.41) is 0. The maximum absolute atomic E-state index is 6.02. The van der Waals surface area contributed by atoms with Gasteiger partial charge in [-0.3, -0.25) is 0 Å². The summed E-state index contributed by atoms with van der Waals surface area (Å²) in [6.07, 6.45) is 3.79. The number of benzene rings is 2. The highest BCUT2D eigenvalue weighted by atomic mass is 15.1. The van der Waals surface area contributed by atoms with E-state index in [2.05, 4.69) is 36.2 Å². The molecule has 0 unspecified atom stereocenters. The molecular weight excluding hydrogens is 232 g/mol. The Hall–Kier alpha value is -1.96. The molecule has 2 aromatic rings. The highest BCUT2D eigenvalue weighted by Gasteiger charge is 2.12. The van der Waals surface area contributed by atoms with Gasteiger partial charge in [0.1, 0.15) is 0 Å². The molecule has 2 nitrogen and oxygen atoms in total. The number of anilines is 2. The Kier molecular flexibility index (Phi) is 3.16. The van der Waals surface area contributed by atoms with E-state index in [0.717, 1.165) is 17.9 Å². The molecule has 19 heavy (non-hydrogen) atoms. The van der Waals surface area contributed by atoms with Crippen molar-refractivity contribution in [3.05, 3.63) is 59.2 Å².